The van der Waals surface area contributed by atoms with Crippen LogP contribution in [0.15, 0.2) is 18.2 Å². The van der Waals surface area contributed by atoms with E-state index in [1.807, 2.05) is 12.1 Å². The Balaban J connectivity index is 1.50. The van der Waals surface area contributed by atoms with Crippen LogP contribution in [0.2, 0.25) is 0 Å². The summed E-state index contributed by atoms with van der Waals surface area (Å²) in [5, 5.41) is 13.8. The maximum Gasteiger partial charge on any atom is 0.161 e. The molecule has 1 saturated heterocycles. The zero-order valence-electron chi connectivity index (χ0n) is 14.7. The lowest BCUT2D eigenvalue weighted by Crippen LogP contribution is -2.38. The fourth-order valence-corrected chi connectivity index (χ4v) is 3.17. The lowest BCUT2D eigenvalue weighted by molar-refractivity contribution is 0.0608. The van der Waals surface area contributed by atoms with E-state index in [0.29, 0.717) is 24.9 Å². The smallest absolute Gasteiger partial charge is 0.161 e. The Morgan fingerprint density at radius 1 is 1.21 bits per heavy atom. The summed E-state index contributed by atoms with van der Waals surface area (Å²) in [6.07, 6.45) is 5.86. The second-order valence-corrected chi connectivity index (χ2v) is 6.97. The van der Waals surface area contributed by atoms with Crippen molar-refractivity contribution in [2.75, 3.05) is 33.4 Å². The van der Waals surface area contributed by atoms with E-state index >= 15 is 0 Å². The van der Waals surface area contributed by atoms with Crippen LogP contribution in [-0.2, 0) is 6.54 Å². The quantitative estimate of drug-likeness (QED) is 0.725. The molecule has 3 rings (SSSR count). The first-order chi connectivity index (χ1) is 11.7. The minimum atomic E-state index is -0.471. The first kappa shape index (κ1) is 17.5. The Kier molecular flexibility index (Phi) is 6.35. The maximum absolute atomic E-state index is 10.3. The van der Waals surface area contributed by atoms with Crippen molar-refractivity contribution in [1.29, 1.82) is 0 Å². The molecule has 2 N–H and O–H groups in total. The van der Waals surface area contributed by atoms with Crippen LogP contribution in [0.1, 0.15) is 37.7 Å². The molecule has 0 amide bonds. The fourth-order valence-electron chi connectivity index (χ4n) is 3.17. The molecule has 24 heavy (non-hydrogen) atoms. The van der Waals surface area contributed by atoms with Gasteiger partial charge in [0.05, 0.1) is 7.11 Å². The topological polar surface area (TPSA) is 54.0 Å². The number of aliphatic hydroxyl groups excluding tert-OH is 1. The fraction of sp³-hybridized carbons (Fsp3) is 0.684. The predicted molar refractivity (Wildman–Crippen MR) is 94.6 cm³/mol. The summed E-state index contributed by atoms with van der Waals surface area (Å²) >= 11 is 0. The van der Waals surface area contributed by atoms with E-state index in [-0.39, 0.29) is 0 Å². The van der Waals surface area contributed by atoms with E-state index in [2.05, 4.69) is 16.3 Å². The Hall–Kier alpha value is -1.30. The van der Waals surface area contributed by atoms with Crippen LogP contribution in [0, 0.1) is 0 Å². The van der Waals surface area contributed by atoms with Crippen molar-refractivity contribution in [1.82, 2.24) is 10.2 Å². The third-order valence-corrected chi connectivity index (χ3v) is 4.75. The summed E-state index contributed by atoms with van der Waals surface area (Å²) in [6, 6.07) is 6.70. The molecule has 1 aliphatic heterocycles. The van der Waals surface area contributed by atoms with Gasteiger partial charge in [0.15, 0.2) is 11.5 Å². The van der Waals surface area contributed by atoms with Gasteiger partial charge in [-0.05, 0) is 56.5 Å². The second kappa shape index (κ2) is 8.70. The van der Waals surface area contributed by atoms with E-state index in [9.17, 15) is 5.11 Å². The number of methoxy groups -OCH3 is 1. The van der Waals surface area contributed by atoms with Crippen molar-refractivity contribution in [3.63, 3.8) is 0 Å². The minimum Gasteiger partial charge on any atom is -0.493 e. The Bertz CT molecular complexity index is 513. The van der Waals surface area contributed by atoms with Crippen molar-refractivity contribution in [3.05, 3.63) is 23.8 Å². The third kappa shape index (κ3) is 5.36. The molecule has 0 radical (unpaired) electrons. The van der Waals surface area contributed by atoms with Gasteiger partial charge in [-0.2, -0.15) is 0 Å². The average Bonchev–Trinajstić information content (AvgIpc) is 3.43. The Labute approximate surface area is 144 Å². The van der Waals surface area contributed by atoms with Gasteiger partial charge in [-0.15, -0.1) is 0 Å². The van der Waals surface area contributed by atoms with E-state index in [1.54, 1.807) is 7.11 Å². The highest BCUT2D eigenvalue weighted by atomic mass is 16.5. The van der Waals surface area contributed by atoms with Gasteiger partial charge in [-0.3, -0.25) is 0 Å². The summed E-state index contributed by atoms with van der Waals surface area (Å²) in [6.45, 7) is 4.00. The Morgan fingerprint density at radius 2 is 2.00 bits per heavy atom. The van der Waals surface area contributed by atoms with Gasteiger partial charge in [0, 0.05) is 19.1 Å². The van der Waals surface area contributed by atoms with Crippen LogP contribution < -0.4 is 14.8 Å². The molecule has 5 heteroatoms. The van der Waals surface area contributed by atoms with E-state index < -0.39 is 6.10 Å². The number of benzene rings is 1. The van der Waals surface area contributed by atoms with E-state index in [4.69, 9.17) is 9.47 Å². The maximum atomic E-state index is 10.3. The molecule has 1 aromatic rings. The SMILES string of the molecule is COc1ccc(CNC2CC2)cc1OC[C@@H](O)CN1CCCCC1. The molecular weight excluding hydrogens is 304 g/mol. The van der Waals surface area contributed by atoms with E-state index in [0.717, 1.165) is 25.4 Å². The zero-order valence-corrected chi connectivity index (χ0v) is 14.7. The first-order valence-electron chi connectivity index (χ1n) is 9.18. The number of hydrogen-bond donors (Lipinski definition) is 2. The first-order valence-corrected chi connectivity index (χ1v) is 9.18. The summed E-state index contributed by atoms with van der Waals surface area (Å²) in [5.41, 5.74) is 1.18. The molecule has 1 aromatic carbocycles. The molecule has 134 valence electrons. The van der Waals surface area contributed by atoms with Gasteiger partial charge in [0.1, 0.15) is 12.7 Å². The average molecular weight is 334 g/mol. The number of hydrogen-bond acceptors (Lipinski definition) is 5. The van der Waals surface area contributed by atoms with Gasteiger partial charge in [0.25, 0.3) is 0 Å². The van der Waals surface area contributed by atoms with Crippen LogP contribution in [0.3, 0.4) is 0 Å². The van der Waals surface area contributed by atoms with Crippen molar-refractivity contribution < 1.29 is 14.6 Å². The Morgan fingerprint density at radius 3 is 2.71 bits per heavy atom. The summed E-state index contributed by atoms with van der Waals surface area (Å²) < 4.78 is 11.2. The summed E-state index contributed by atoms with van der Waals surface area (Å²) in [4.78, 5) is 2.32. The zero-order chi connectivity index (χ0) is 16.8. The minimum absolute atomic E-state index is 0.298. The normalized spacial score (nSPS) is 19.9. The van der Waals surface area contributed by atoms with Crippen molar-refractivity contribution >= 4 is 0 Å². The number of ether oxygens (including phenoxy) is 2. The molecule has 2 aliphatic rings. The molecule has 2 fully saturated rings. The number of nitrogens with one attached hydrogen (secondary N) is 1. The van der Waals surface area contributed by atoms with Crippen LogP contribution in [-0.4, -0.2) is 55.5 Å². The number of rotatable bonds is 9. The van der Waals surface area contributed by atoms with Crippen molar-refractivity contribution in [2.45, 2.75) is 50.8 Å². The second-order valence-electron chi connectivity index (χ2n) is 6.97. The molecule has 0 aromatic heterocycles. The van der Waals surface area contributed by atoms with Gasteiger partial charge >= 0.3 is 0 Å². The standard InChI is InChI=1S/C19H30N2O3/c1-23-18-8-5-15(12-20-16-6-7-16)11-19(18)24-14-17(22)13-21-9-3-2-4-10-21/h5,8,11,16-17,20,22H,2-4,6-7,9-10,12-14H2,1H3/t17-/m0/s1. The van der Waals surface area contributed by atoms with Gasteiger partial charge in [-0.1, -0.05) is 12.5 Å². The number of piperidine rings is 1. The third-order valence-electron chi connectivity index (χ3n) is 4.75. The van der Waals surface area contributed by atoms with Gasteiger partial charge < -0.3 is 24.8 Å². The summed E-state index contributed by atoms with van der Waals surface area (Å²) in [7, 11) is 1.65. The highest BCUT2D eigenvalue weighted by Crippen LogP contribution is 2.29. The van der Waals surface area contributed by atoms with E-state index in [1.165, 1.54) is 37.7 Å². The van der Waals surface area contributed by atoms with Crippen molar-refractivity contribution in [3.8, 4) is 11.5 Å². The molecule has 1 atom stereocenters. The summed E-state index contributed by atoms with van der Waals surface area (Å²) in [5.74, 6) is 1.43. The van der Waals surface area contributed by atoms with Crippen LogP contribution in [0.5, 0.6) is 11.5 Å². The monoisotopic (exact) mass is 334 g/mol. The lowest BCUT2D eigenvalue weighted by atomic mass is 10.1. The molecule has 1 heterocycles. The molecule has 0 spiro atoms. The highest BCUT2D eigenvalue weighted by molar-refractivity contribution is 5.43. The number of nitrogens with zero attached hydrogens (tertiary/aromatic N) is 1. The number of aliphatic hydroxyl groups is 1. The highest BCUT2D eigenvalue weighted by Gasteiger charge is 2.20. The number of β-amino-alcohol motifs (C(OH)–C–C–N with tert-alkyl or cyclic N) is 1. The predicted octanol–water partition coefficient (Wildman–Crippen LogP) is 2.17. The van der Waals surface area contributed by atoms with Crippen LogP contribution in [0.4, 0.5) is 0 Å². The molecule has 0 bridgehead atoms. The lowest BCUT2D eigenvalue weighted by Gasteiger charge is -2.28. The van der Waals surface area contributed by atoms with Crippen molar-refractivity contribution in [2.24, 2.45) is 0 Å². The van der Waals surface area contributed by atoms with Gasteiger partial charge in [0.2, 0.25) is 0 Å². The largest absolute Gasteiger partial charge is 0.493 e. The number of likely N-dealkylation sites (tertiary alicyclic amines) is 1. The van der Waals surface area contributed by atoms with Gasteiger partial charge in [-0.25, -0.2) is 0 Å². The molecule has 0 unspecified atom stereocenters. The molecule has 1 aliphatic carbocycles. The molecular formula is C19H30N2O3. The molecule has 5 nitrogen and oxygen atoms in total. The van der Waals surface area contributed by atoms with Crippen LogP contribution >= 0.6 is 0 Å². The molecule has 1 saturated carbocycles. The van der Waals surface area contributed by atoms with Crippen LogP contribution in [0.25, 0.3) is 0 Å².